The predicted molar refractivity (Wildman–Crippen MR) is 108 cm³/mol. The SMILES string of the molecule is CN(C)c1ccc(N=Nc2ccc(S(=O)(=O)[O-])cc2)cc1.[NH3+]CCCCCO. The van der Waals surface area contributed by atoms with Crippen LogP contribution in [0.15, 0.2) is 63.7 Å². The monoisotopic (exact) mass is 408 g/mol. The van der Waals surface area contributed by atoms with E-state index in [-0.39, 0.29) is 4.90 Å². The minimum atomic E-state index is -4.43. The summed E-state index contributed by atoms with van der Waals surface area (Å²) in [4.78, 5) is 1.69. The van der Waals surface area contributed by atoms with Crippen LogP contribution >= 0.6 is 0 Å². The number of benzene rings is 2. The Morgan fingerprint density at radius 3 is 1.82 bits per heavy atom. The van der Waals surface area contributed by atoms with Gasteiger partial charge in [0.1, 0.15) is 10.1 Å². The molecule has 2 aromatic rings. The molecule has 4 N–H and O–H groups in total. The lowest BCUT2D eigenvalue weighted by Crippen LogP contribution is -2.50. The summed E-state index contributed by atoms with van der Waals surface area (Å²) in [5.74, 6) is 0. The molecule has 0 aliphatic carbocycles. The Labute approximate surface area is 166 Å². The van der Waals surface area contributed by atoms with Crippen LogP contribution in [0.4, 0.5) is 17.1 Å². The predicted octanol–water partition coefficient (Wildman–Crippen LogP) is 2.46. The molecule has 0 saturated carbocycles. The summed E-state index contributed by atoms with van der Waals surface area (Å²) in [6.45, 7) is 1.33. The van der Waals surface area contributed by atoms with Crippen molar-refractivity contribution in [2.75, 3.05) is 32.1 Å². The number of azo groups is 1. The summed E-state index contributed by atoms with van der Waals surface area (Å²) in [5.41, 5.74) is 5.88. The van der Waals surface area contributed by atoms with Gasteiger partial charge in [-0.25, -0.2) is 8.42 Å². The first kappa shape index (κ1) is 23.7. The van der Waals surface area contributed by atoms with E-state index in [1.165, 1.54) is 24.3 Å². The largest absolute Gasteiger partial charge is 0.744 e. The van der Waals surface area contributed by atoms with Gasteiger partial charge in [0.15, 0.2) is 0 Å². The second kappa shape index (κ2) is 12.2. The van der Waals surface area contributed by atoms with Gasteiger partial charge in [-0.3, -0.25) is 0 Å². The van der Waals surface area contributed by atoms with Gasteiger partial charge in [0.05, 0.1) is 22.8 Å². The lowest BCUT2D eigenvalue weighted by Gasteiger charge is -2.11. The van der Waals surface area contributed by atoms with Crippen molar-refractivity contribution in [1.82, 2.24) is 0 Å². The van der Waals surface area contributed by atoms with E-state index in [9.17, 15) is 13.0 Å². The second-order valence-corrected chi connectivity index (χ2v) is 7.58. The van der Waals surface area contributed by atoms with E-state index in [4.69, 9.17) is 5.11 Å². The Kier molecular flexibility index (Phi) is 10.3. The summed E-state index contributed by atoms with van der Waals surface area (Å²) in [5, 5.41) is 16.3. The highest BCUT2D eigenvalue weighted by Gasteiger charge is 2.00. The van der Waals surface area contributed by atoms with Crippen LogP contribution in [-0.2, 0) is 10.1 Å². The van der Waals surface area contributed by atoms with E-state index in [0.29, 0.717) is 18.0 Å². The average Bonchev–Trinajstić information content (AvgIpc) is 2.67. The van der Waals surface area contributed by atoms with Gasteiger partial charge in [-0.2, -0.15) is 10.2 Å². The van der Waals surface area contributed by atoms with E-state index >= 15 is 0 Å². The number of rotatable bonds is 8. The first-order valence-electron chi connectivity index (χ1n) is 8.93. The standard InChI is InChI=1S/C14H15N3O3S.C5H13NO/c1-17(2)13-7-3-11(4-8-13)15-16-12-5-9-14(10-6-12)21(18,19)20;6-4-2-1-3-5-7/h3-10H,1-2H3,(H,18,19,20);7H,1-6H2. The highest BCUT2D eigenvalue weighted by atomic mass is 32.2. The van der Waals surface area contributed by atoms with E-state index in [1.807, 2.05) is 43.3 Å². The van der Waals surface area contributed by atoms with Gasteiger partial charge in [-0.15, -0.1) is 0 Å². The van der Waals surface area contributed by atoms with Crippen molar-refractivity contribution in [3.63, 3.8) is 0 Å². The molecule has 0 fully saturated rings. The summed E-state index contributed by atoms with van der Waals surface area (Å²) in [7, 11) is -0.533. The molecule has 0 radical (unpaired) electrons. The third-order valence-electron chi connectivity index (χ3n) is 3.68. The Hall–Kier alpha value is -2.33. The van der Waals surface area contributed by atoms with E-state index in [2.05, 4.69) is 16.0 Å². The third-order valence-corrected chi connectivity index (χ3v) is 4.53. The molecule has 28 heavy (non-hydrogen) atoms. The fourth-order valence-corrected chi connectivity index (χ4v) is 2.55. The van der Waals surface area contributed by atoms with E-state index in [1.54, 1.807) is 0 Å². The molecule has 2 aromatic carbocycles. The molecule has 8 nitrogen and oxygen atoms in total. The number of hydrogen-bond donors (Lipinski definition) is 2. The molecule has 0 atom stereocenters. The fourth-order valence-electron chi connectivity index (χ4n) is 2.08. The first-order valence-corrected chi connectivity index (χ1v) is 10.3. The zero-order valence-corrected chi connectivity index (χ0v) is 17.1. The smallest absolute Gasteiger partial charge is 0.124 e. The molecule has 0 aliphatic heterocycles. The van der Waals surface area contributed by atoms with Crippen molar-refractivity contribution in [1.29, 1.82) is 0 Å². The van der Waals surface area contributed by atoms with Crippen LogP contribution in [0, 0.1) is 0 Å². The minimum Gasteiger partial charge on any atom is -0.744 e. The lowest BCUT2D eigenvalue weighted by atomic mass is 10.2. The van der Waals surface area contributed by atoms with Gasteiger partial charge in [0, 0.05) is 26.4 Å². The van der Waals surface area contributed by atoms with Crippen molar-refractivity contribution in [3.8, 4) is 0 Å². The maximum Gasteiger partial charge on any atom is 0.124 e. The Morgan fingerprint density at radius 1 is 0.929 bits per heavy atom. The molecule has 0 unspecified atom stereocenters. The van der Waals surface area contributed by atoms with Crippen molar-refractivity contribution >= 4 is 27.2 Å². The first-order chi connectivity index (χ1) is 13.3. The van der Waals surface area contributed by atoms with Crippen LogP contribution in [0.5, 0.6) is 0 Å². The molecule has 0 heterocycles. The second-order valence-electron chi connectivity index (χ2n) is 6.20. The van der Waals surface area contributed by atoms with Gasteiger partial charge in [0.2, 0.25) is 0 Å². The maximum atomic E-state index is 10.8. The molecular formula is C19H28N4O4S. The number of hydrogen-bond acceptors (Lipinski definition) is 7. The zero-order chi connectivity index (χ0) is 21.0. The number of nitrogens with zero attached hydrogens (tertiary/aromatic N) is 3. The number of aliphatic hydroxyl groups is 1. The minimum absolute atomic E-state index is 0.281. The van der Waals surface area contributed by atoms with Gasteiger partial charge >= 0.3 is 0 Å². The highest BCUT2D eigenvalue weighted by Crippen LogP contribution is 2.22. The van der Waals surface area contributed by atoms with Gasteiger partial charge in [0.25, 0.3) is 0 Å². The molecule has 154 valence electrons. The number of quaternary nitrogens is 1. The molecule has 0 amide bonds. The number of unbranched alkanes of at least 4 members (excludes halogenated alkanes) is 2. The average molecular weight is 409 g/mol. The summed E-state index contributed by atoms with van der Waals surface area (Å²) >= 11 is 0. The highest BCUT2D eigenvalue weighted by molar-refractivity contribution is 7.85. The van der Waals surface area contributed by atoms with Gasteiger partial charge in [-0.05, 0) is 67.8 Å². The maximum absolute atomic E-state index is 10.8. The Balaban J connectivity index is 0.000000480. The molecule has 0 aliphatic rings. The van der Waals surface area contributed by atoms with Crippen molar-refractivity contribution in [3.05, 3.63) is 48.5 Å². The zero-order valence-electron chi connectivity index (χ0n) is 16.3. The molecule has 2 rings (SSSR count). The Morgan fingerprint density at radius 2 is 1.43 bits per heavy atom. The topological polar surface area (TPSA) is 133 Å². The quantitative estimate of drug-likeness (QED) is 0.393. The van der Waals surface area contributed by atoms with Crippen LogP contribution < -0.4 is 10.6 Å². The Bertz CT molecular complexity index is 816. The van der Waals surface area contributed by atoms with Gasteiger partial charge < -0.3 is 20.3 Å². The lowest BCUT2D eigenvalue weighted by molar-refractivity contribution is -0.368. The molecule has 0 saturated heterocycles. The van der Waals surface area contributed by atoms with Crippen LogP contribution in [0.25, 0.3) is 0 Å². The van der Waals surface area contributed by atoms with Crippen LogP contribution in [0.1, 0.15) is 19.3 Å². The van der Waals surface area contributed by atoms with Crippen molar-refractivity contribution in [2.45, 2.75) is 24.2 Å². The van der Waals surface area contributed by atoms with Crippen LogP contribution in [0.2, 0.25) is 0 Å². The molecule has 0 aromatic heterocycles. The van der Waals surface area contributed by atoms with Crippen molar-refractivity contribution < 1.29 is 23.8 Å². The third kappa shape index (κ3) is 9.05. The normalized spacial score (nSPS) is 11.2. The van der Waals surface area contributed by atoms with Crippen LogP contribution in [0.3, 0.4) is 0 Å². The molecule has 0 spiro atoms. The number of aliphatic hydroxyl groups excluding tert-OH is 1. The summed E-state index contributed by atoms with van der Waals surface area (Å²) < 4.78 is 32.4. The molecular weight excluding hydrogens is 380 g/mol. The fraction of sp³-hybridized carbons (Fsp3) is 0.368. The van der Waals surface area contributed by atoms with E-state index < -0.39 is 10.1 Å². The van der Waals surface area contributed by atoms with Crippen molar-refractivity contribution in [2.24, 2.45) is 10.2 Å². The molecule has 0 bridgehead atoms. The van der Waals surface area contributed by atoms with Gasteiger partial charge in [-0.1, -0.05) is 0 Å². The summed E-state index contributed by atoms with van der Waals surface area (Å²) in [6, 6.07) is 12.8. The van der Waals surface area contributed by atoms with Crippen LogP contribution in [-0.4, -0.2) is 45.3 Å². The van der Waals surface area contributed by atoms with E-state index in [0.717, 1.165) is 31.5 Å². The molecule has 9 heteroatoms. The summed E-state index contributed by atoms with van der Waals surface area (Å²) in [6.07, 6.45) is 3.22. The number of anilines is 1.